The number of carbonyl (C=O) groups is 1. The molecule has 0 unspecified atom stereocenters. The standard InChI is InChI=1S/C16H19N5O2/c17-11-13-7-5-12(6-8-13)3-1-9-20-14(15(22)23)4-2-10-21-16(18)19/h1,3,5-9,14H,2,4,10H2,(H,22,23)(H4,18,19,21)/b3-1+,20-9+/t14-/m0/s1. The van der Waals surface area contributed by atoms with Gasteiger partial charge in [-0.15, -0.1) is 0 Å². The van der Waals surface area contributed by atoms with E-state index < -0.39 is 12.0 Å². The molecule has 0 aliphatic heterocycles. The van der Waals surface area contributed by atoms with Gasteiger partial charge in [0, 0.05) is 12.8 Å². The van der Waals surface area contributed by atoms with E-state index in [1.807, 2.05) is 6.07 Å². The number of rotatable bonds is 8. The number of hydrogen-bond acceptors (Lipinski definition) is 4. The van der Waals surface area contributed by atoms with E-state index in [1.165, 1.54) is 6.21 Å². The highest BCUT2D eigenvalue weighted by atomic mass is 16.4. The second-order valence-corrected chi connectivity index (χ2v) is 4.70. The van der Waals surface area contributed by atoms with Crippen molar-refractivity contribution in [1.82, 2.24) is 5.32 Å². The number of nitrogens with one attached hydrogen (secondary N) is 2. The van der Waals surface area contributed by atoms with Gasteiger partial charge >= 0.3 is 5.97 Å². The molecule has 1 rings (SSSR count). The van der Waals surface area contributed by atoms with Crippen molar-refractivity contribution < 1.29 is 11.3 Å². The molecule has 0 fully saturated rings. The Labute approximate surface area is 136 Å². The summed E-state index contributed by atoms with van der Waals surface area (Å²) in [5, 5.41) is 23.5. The van der Waals surface area contributed by atoms with Crippen molar-refractivity contribution in [3.05, 3.63) is 41.5 Å². The average molecular weight is 313 g/mol. The van der Waals surface area contributed by atoms with E-state index in [1.54, 1.807) is 36.4 Å². The molecule has 0 radical (unpaired) electrons. The van der Waals surface area contributed by atoms with Gasteiger partial charge in [-0.3, -0.25) is 10.4 Å². The van der Waals surface area contributed by atoms with Crippen LogP contribution in [0, 0.1) is 16.7 Å². The zero-order chi connectivity index (χ0) is 17.8. The maximum absolute atomic E-state index is 11.2. The Morgan fingerprint density at radius 3 is 2.91 bits per heavy atom. The summed E-state index contributed by atoms with van der Waals surface area (Å²) in [4.78, 5) is 15.2. The highest BCUT2D eigenvalue weighted by Crippen LogP contribution is 2.05. The van der Waals surface area contributed by atoms with Crippen LogP contribution in [0.5, 0.6) is 0 Å². The smallest absolute Gasteiger partial charge is 0.328 e. The third-order valence-corrected chi connectivity index (χ3v) is 2.93. The van der Waals surface area contributed by atoms with Gasteiger partial charge in [0.05, 0.1) is 11.6 Å². The van der Waals surface area contributed by atoms with E-state index in [2.05, 4.69) is 15.7 Å². The maximum Gasteiger partial charge on any atom is 0.328 e. The van der Waals surface area contributed by atoms with Crippen LogP contribution >= 0.6 is 0 Å². The SMILES string of the molecule is [H]/N=C(\N)NCCC[C@H](/N=C/C=C/c1ccc(C#N)cc1)C(=O)O. The molecule has 0 heterocycles. The molecule has 0 saturated heterocycles. The molecule has 0 saturated carbocycles. The van der Waals surface area contributed by atoms with Crippen LogP contribution in [0.3, 0.4) is 0 Å². The number of nitrogens with two attached hydrogens (primary N) is 1. The molecule has 0 aromatic heterocycles. The van der Waals surface area contributed by atoms with Crippen LogP contribution < -0.4 is 11.1 Å². The van der Waals surface area contributed by atoms with Gasteiger partial charge < -0.3 is 16.2 Å². The fourth-order valence-corrected chi connectivity index (χ4v) is 1.75. The Morgan fingerprint density at radius 1 is 1.57 bits per heavy atom. The third-order valence-electron chi connectivity index (χ3n) is 2.93. The lowest BCUT2D eigenvalue weighted by Crippen LogP contribution is -2.31. The van der Waals surface area contributed by atoms with Crippen LogP contribution in [0.4, 0.5) is 0 Å². The van der Waals surface area contributed by atoms with Gasteiger partial charge in [0.1, 0.15) is 6.04 Å². The van der Waals surface area contributed by atoms with Crippen molar-refractivity contribution in [3.8, 4) is 6.07 Å². The van der Waals surface area contributed by atoms with Gasteiger partial charge in [-0.1, -0.05) is 18.2 Å². The van der Waals surface area contributed by atoms with Gasteiger partial charge in [0.2, 0.25) is 0 Å². The molecule has 0 aliphatic carbocycles. The molecule has 23 heavy (non-hydrogen) atoms. The Bertz CT molecular complexity index is 662. The van der Waals surface area contributed by atoms with E-state index in [4.69, 9.17) is 17.5 Å². The molecule has 7 nitrogen and oxygen atoms in total. The molecule has 1 aromatic rings. The molecular formula is C16H19N5O2. The molecule has 1 atom stereocenters. The molecule has 0 spiro atoms. The Morgan fingerprint density at radius 2 is 2.30 bits per heavy atom. The second kappa shape index (κ2) is 9.73. The zero-order valence-corrected chi connectivity index (χ0v) is 12.5. The lowest BCUT2D eigenvalue weighted by atomic mass is 10.1. The maximum atomic E-state index is 11.2. The summed E-state index contributed by atoms with van der Waals surface area (Å²) >= 11 is 0. The van der Waals surface area contributed by atoms with Crippen molar-refractivity contribution in [2.45, 2.75) is 18.9 Å². The average Bonchev–Trinajstić information content (AvgIpc) is 2.60. The van der Waals surface area contributed by atoms with Crippen LogP contribution in [0.15, 0.2) is 35.3 Å². The number of allylic oxidation sites excluding steroid dienone is 1. The highest BCUT2D eigenvalue weighted by Gasteiger charge is 2.13. The molecule has 0 bridgehead atoms. The van der Waals surface area contributed by atoms with E-state index in [9.17, 15) is 4.79 Å². The lowest BCUT2D eigenvalue weighted by molar-refractivity contribution is -0.138. The van der Waals surface area contributed by atoms with Crippen LogP contribution in [-0.2, 0) is 4.79 Å². The van der Waals surface area contributed by atoms with Gasteiger partial charge in [-0.25, -0.2) is 4.79 Å². The largest absolute Gasteiger partial charge is 0.480 e. The van der Waals surface area contributed by atoms with Crippen LogP contribution in [-0.4, -0.2) is 35.8 Å². The Balaban J connectivity index is 2.48. The minimum Gasteiger partial charge on any atom is -0.480 e. The molecule has 120 valence electrons. The summed E-state index contributed by atoms with van der Waals surface area (Å²) in [5.41, 5.74) is 6.77. The molecule has 0 amide bonds. The first-order valence-corrected chi connectivity index (χ1v) is 7.01. The fraction of sp³-hybridized carbons (Fsp3) is 0.250. The summed E-state index contributed by atoms with van der Waals surface area (Å²) in [7, 11) is 0. The summed E-state index contributed by atoms with van der Waals surface area (Å²) in [5.74, 6) is -1.00. The van der Waals surface area contributed by atoms with E-state index >= 15 is 0 Å². The van der Waals surface area contributed by atoms with Crippen LogP contribution in [0.25, 0.3) is 6.08 Å². The molecule has 7 heteroatoms. The number of guanidine groups is 1. The Hall–Kier alpha value is -3.14. The van der Waals surface area contributed by atoms with Crippen molar-refractivity contribution in [3.63, 3.8) is 0 Å². The van der Waals surface area contributed by atoms with Gasteiger partial charge in [-0.05, 0) is 36.6 Å². The summed E-state index contributed by atoms with van der Waals surface area (Å²) in [6, 6.07) is 8.19. The molecule has 5 N–H and O–H groups in total. The summed E-state index contributed by atoms with van der Waals surface area (Å²) < 4.78 is 6.66. The van der Waals surface area contributed by atoms with E-state index in [0.29, 0.717) is 24.9 Å². The first-order chi connectivity index (χ1) is 11.6. The predicted molar refractivity (Wildman–Crippen MR) is 89.3 cm³/mol. The van der Waals surface area contributed by atoms with Gasteiger partial charge in [0.25, 0.3) is 0 Å². The number of benzene rings is 1. The third kappa shape index (κ3) is 7.43. The summed E-state index contributed by atoms with van der Waals surface area (Å²) in [6.45, 7) is 0.425. The topological polar surface area (TPSA) is 135 Å². The number of carboxylic acid groups (broad SMARTS) is 1. The van der Waals surface area contributed by atoms with Crippen molar-refractivity contribution in [1.29, 1.82) is 10.7 Å². The first-order valence-electron chi connectivity index (χ1n) is 7.45. The quantitative estimate of drug-likeness (QED) is 0.326. The Kier molecular flexibility index (Phi) is 6.87. The molecular weight excluding hydrogens is 294 g/mol. The normalized spacial score (nSPS) is 13.7. The number of nitriles is 1. The minimum absolute atomic E-state index is 0.00396. The number of hydrogen-bond donors (Lipinski definition) is 4. The van der Waals surface area contributed by atoms with Crippen molar-refractivity contribution >= 4 is 24.2 Å². The van der Waals surface area contributed by atoms with Gasteiger partial charge in [-0.2, -0.15) is 5.26 Å². The van der Waals surface area contributed by atoms with E-state index in [0.717, 1.165) is 5.56 Å². The van der Waals surface area contributed by atoms with Crippen molar-refractivity contribution in [2.75, 3.05) is 6.54 Å². The summed E-state index contributed by atoms with van der Waals surface area (Å²) in [6.07, 6.45) is 5.75. The first kappa shape index (κ1) is 16.2. The number of nitrogens with zero attached hydrogens (tertiary/aromatic N) is 2. The zero-order valence-electron chi connectivity index (χ0n) is 13.5. The molecule has 0 aliphatic rings. The predicted octanol–water partition coefficient (Wildman–Crippen LogP) is 1.36. The minimum atomic E-state index is -1.000. The number of carboxylic acids is 1. The number of aliphatic carboxylic acids is 1. The van der Waals surface area contributed by atoms with Crippen molar-refractivity contribution in [2.24, 2.45) is 10.7 Å². The second-order valence-electron chi connectivity index (χ2n) is 4.70. The van der Waals surface area contributed by atoms with E-state index in [-0.39, 0.29) is 5.96 Å². The lowest BCUT2D eigenvalue weighted by Gasteiger charge is -2.07. The fourth-order valence-electron chi connectivity index (χ4n) is 1.75. The van der Waals surface area contributed by atoms with Gasteiger partial charge in [0.15, 0.2) is 7.37 Å². The monoisotopic (exact) mass is 313 g/mol. The van der Waals surface area contributed by atoms with Crippen LogP contribution in [0.1, 0.15) is 24.0 Å². The molecule has 1 aromatic carbocycles. The highest BCUT2D eigenvalue weighted by molar-refractivity contribution is 5.82. The van der Waals surface area contributed by atoms with Crippen LogP contribution in [0.2, 0.25) is 1.41 Å². The number of aliphatic imine (C=N–C) groups is 1.